The lowest BCUT2D eigenvalue weighted by Crippen LogP contribution is -2.38. The van der Waals surface area contributed by atoms with Crippen molar-refractivity contribution >= 4 is 23.4 Å². The molecule has 1 saturated heterocycles. The predicted octanol–water partition coefficient (Wildman–Crippen LogP) is 3.03. The number of nitrogens with one attached hydrogen (secondary N) is 2. The second-order valence-corrected chi connectivity index (χ2v) is 6.96. The summed E-state index contributed by atoms with van der Waals surface area (Å²) in [5, 5.41) is 7.19. The average Bonchev–Trinajstić information content (AvgIpc) is 3.23. The van der Waals surface area contributed by atoms with Gasteiger partial charge in [-0.1, -0.05) is 17.7 Å². The first kappa shape index (κ1) is 19.4. The highest BCUT2D eigenvalue weighted by atomic mass is 35.5. The number of aromatic nitrogens is 2. The van der Waals surface area contributed by atoms with Crippen LogP contribution < -0.4 is 15.5 Å². The molecule has 0 aromatic carbocycles. The van der Waals surface area contributed by atoms with E-state index in [-0.39, 0.29) is 0 Å². The molecule has 2 aromatic rings. The van der Waals surface area contributed by atoms with Crippen LogP contribution in [0.2, 0.25) is 5.15 Å². The Morgan fingerprint density at radius 3 is 2.74 bits per heavy atom. The summed E-state index contributed by atoms with van der Waals surface area (Å²) < 4.78 is 0. The summed E-state index contributed by atoms with van der Waals surface area (Å²) >= 11 is 5.83. The van der Waals surface area contributed by atoms with Gasteiger partial charge >= 0.3 is 0 Å². The Balaban J connectivity index is 1.55. The highest BCUT2D eigenvalue weighted by Crippen LogP contribution is 2.18. The van der Waals surface area contributed by atoms with Crippen molar-refractivity contribution < 1.29 is 0 Å². The molecule has 3 heterocycles. The SMILES string of the molecule is CCNC(=NCc1ccnc(N2CCCC2)c1)NCCc1ccc(Cl)nc1. The van der Waals surface area contributed by atoms with Crippen molar-refractivity contribution in [1.82, 2.24) is 20.6 Å². The Kier molecular flexibility index (Phi) is 7.27. The maximum atomic E-state index is 5.83. The first-order valence-electron chi connectivity index (χ1n) is 9.57. The van der Waals surface area contributed by atoms with Crippen LogP contribution >= 0.6 is 11.6 Å². The Morgan fingerprint density at radius 1 is 1.15 bits per heavy atom. The van der Waals surface area contributed by atoms with E-state index in [0.717, 1.165) is 49.9 Å². The van der Waals surface area contributed by atoms with E-state index < -0.39 is 0 Å². The van der Waals surface area contributed by atoms with E-state index >= 15 is 0 Å². The zero-order valence-electron chi connectivity index (χ0n) is 15.8. The van der Waals surface area contributed by atoms with Crippen LogP contribution in [0.4, 0.5) is 5.82 Å². The number of anilines is 1. The molecule has 0 saturated carbocycles. The molecule has 0 spiro atoms. The fourth-order valence-corrected chi connectivity index (χ4v) is 3.18. The van der Waals surface area contributed by atoms with Gasteiger partial charge in [0.1, 0.15) is 11.0 Å². The van der Waals surface area contributed by atoms with E-state index in [9.17, 15) is 0 Å². The normalized spacial score (nSPS) is 14.4. The lowest BCUT2D eigenvalue weighted by molar-refractivity contribution is 0.797. The smallest absolute Gasteiger partial charge is 0.191 e. The van der Waals surface area contributed by atoms with Gasteiger partial charge in [-0.3, -0.25) is 0 Å². The van der Waals surface area contributed by atoms with E-state index in [1.165, 1.54) is 18.4 Å². The largest absolute Gasteiger partial charge is 0.357 e. The maximum Gasteiger partial charge on any atom is 0.191 e. The third kappa shape index (κ3) is 6.10. The summed E-state index contributed by atoms with van der Waals surface area (Å²) in [5.74, 6) is 1.88. The van der Waals surface area contributed by atoms with E-state index in [4.69, 9.17) is 16.6 Å². The van der Waals surface area contributed by atoms with E-state index in [1.54, 1.807) is 0 Å². The lowest BCUT2D eigenvalue weighted by Gasteiger charge is -2.16. The van der Waals surface area contributed by atoms with Crippen LogP contribution in [0.1, 0.15) is 30.9 Å². The molecule has 2 N–H and O–H groups in total. The van der Waals surface area contributed by atoms with Crippen molar-refractivity contribution in [3.05, 3.63) is 52.9 Å². The van der Waals surface area contributed by atoms with E-state index in [2.05, 4.69) is 38.5 Å². The van der Waals surface area contributed by atoms with Gasteiger partial charge in [0.25, 0.3) is 0 Å². The molecule has 1 fully saturated rings. The fourth-order valence-electron chi connectivity index (χ4n) is 3.07. The van der Waals surface area contributed by atoms with Crippen LogP contribution in [0.15, 0.2) is 41.7 Å². The third-order valence-electron chi connectivity index (χ3n) is 4.50. The number of hydrogen-bond acceptors (Lipinski definition) is 4. The molecule has 0 unspecified atom stereocenters. The lowest BCUT2D eigenvalue weighted by atomic mass is 10.2. The van der Waals surface area contributed by atoms with Gasteiger partial charge in [-0.2, -0.15) is 0 Å². The Morgan fingerprint density at radius 2 is 2.00 bits per heavy atom. The zero-order valence-corrected chi connectivity index (χ0v) is 16.5. The van der Waals surface area contributed by atoms with Gasteiger partial charge in [0, 0.05) is 38.6 Å². The molecule has 7 heteroatoms. The minimum atomic E-state index is 0.521. The maximum absolute atomic E-state index is 5.83. The molecular formula is C20H27ClN6. The molecule has 27 heavy (non-hydrogen) atoms. The number of pyridine rings is 2. The minimum absolute atomic E-state index is 0.521. The van der Waals surface area contributed by atoms with Crippen molar-refractivity contribution in [2.24, 2.45) is 4.99 Å². The molecule has 1 aliphatic heterocycles. The van der Waals surface area contributed by atoms with Gasteiger partial charge in [0.15, 0.2) is 5.96 Å². The van der Waals surface area contributed by atoms with Crippen molar-refractivity contribution in [1.29, 1.82) is 0 Å². The molecule has 144 valence electrons. The zero-order chi connectivity index (χ0) is 18.9. The summed E-state index contributed by atoms with van der Waals surface area (Å²) in [5.41, 5.74) is 2.32. The monoisotopic (exact) mass is 386 g/mol. The van der Waals surface area contributed by atoms with Crippen molar-refractivity contribution in [2.75, 3.05) is 31.1 Å². The van der Waals surface area contributed by atoms with Crippen LogP contribution in [0.3, 0.4) is 0 Å². The number of hydrogen-bond donors (Lipinski definition) is 2. The average molecular weight is 387 g/mol. The van der Waals surface area contributed by atoms with Gasteiger partial charge in [-0.15, -0.1) is 0 Å². The minimum Gasteiger partial charge on any atom is -0.357 e. The molecular weight excluding hydrogens is 360 g/mol. The molecule has 0 atom stereocenters. The Labute approximate surface area is 166 Å². The van der Waals surface area contributed by atoms with Crippen LogP contribution in [0.5, 0.6) is 0 Å². The van der Waals surface area contributed by atoms with Gasteiger partial charge in [0.2, 0.25) is 0 Å². The topological polar surface area (TPSA) is 65.4 Å². The molecule has 0 amide bonds. The number of rotatable bonds is 7. The summed E-state index contributed by atoms with van der Waals surface area (Å²) in [4.78, 5) is 15.7. The first-order valence-corrected chi connectivity index (χ1v) is 9.95. The summed E-state index contributed by atoms with van der Waals surface area (Å²) in [7, 11) is 0. The second kappa shape index (κ2) is 10.1. The fraction of sp³-hybridized carbons (Fsp3) is 0.450. The molecule has 1 aliphatic rings. The van der Waals surface area contributed by atoms with Gasteiger partial charge in [-0.05, 0) is 55.5 Å². The number of guanidine groups is 1. The Hall–Kier alpha value is -2.34. The quantitative estimate of drug-likeness (QED) is 0.435. The Bertz CT molecular complexity index is 740. The molecule has 2 aromatic heterocycles. The molecule has 3 rings (SSSR count). The highest BCUT2D eigenvalue weighted by molar-refractivity contribution is 6.29. The number of aliphatic imine (C=N–C) groups is 1. The van der Waals surface area contributed by atoms with E-state index in [0.29, 0.717) is 11.7 Å². The number of halogens is 1. The van der Waals surface area contributed by atoms with Crippen molar-refractivity contribution in [3.63, 3.8) is 0 Å². The third-order valence-corrected chi connectivity index (χ3v) is 4.72. The highest BCUT2D eigenvalue weighted by Gasteiger charge is 2.13. The molecule has 6 nitrogen and oxygen atoms in total. The van der Waals surface area contributed by atoms with E-state index in [1.807, 2.05) is 30.6 Å². The van der Waals surface area contributed by atoms with Gasteiger partial charge in [0.05, 0.1) is 6.54 Å². The molecule has 0 radical (unpaired) electrons. The molecule has 0 bridgehead atoms. The predicted molar refractivity (Wildman–Crippen MR) is 111 cm³/mol. The van der Waals surface area contributed by atoms with Gasteiger partial charge < -0.3 is 15.5 Å². The molecule has 0 aliphatic carbocycles. The standard InChI is InChI=1S/C20H27ClN6/c1-2-22-20(24-10-7-16-5-6-18(21)25-14-16)26-15-17-8-9-23-19(13-17)27-11-3-4-12-27/h5-6,8-9,13-14H,2-4,7,10-12,15H2,1H3,(H2,22,24,26). The van der Waals surface area contributed by atoms with Crippen LogP contribution in [-0.2, 0) is 13.0 Å². The first-order chi connectivity index (χ1) is 13.2. The van der Waals surface area contributed by atoms with Crippen molar-refractivity contribution in [3.8, 4) is 0 Å². The van der Waals surface area contributed by atoms with Crippen LogP contribution in [0.25, 0.3) is 0 Å². The summed E-state index contributed by atoms with van der Waals surface area (Å²) in [6.45, 7) is 6.50. The summed E-state index contributed by atoms with van der Waals surface area (Å²) in [6, 6.07) is 8.00. The van der Waals surface area contributed by atoms with Crippen LogP contribution in [-0.4, -0.2) is 42.1 Å². The summed E-state index contributed by atoms with van der Waals surface area (Å²) in [6.07, 6.45) is 7.06. The van der Waals surface area contributed by atoms with Gasteiger partial charge in [-0.25, -0.2) is 15.0 Å². The van der Waals surface area contributed by atoms with Crippen LogP contribution in [0, 0.1) is 0 Å². The van der Waals surface area contributed by atoms with Crippen molar-refractivity contribution in [2.45, 2.75) is 32.7 Å². The second-order valence-electron chi connectivity index (χ2n) is 6.58. The number of nitrogens with zero attached hydrogens (tertiary/aromatic N) is 4.